The summed E-state index contributed by atoms with van der Waals surface area (Å²) >= 11 is 6.04. The fourth-order valence-corrected chi connectivity index (χ4v) is 4.50. The molecule has 0 unspecified atom stereocenters. The molecule has 0 fully saturated rings. The van der Waals surface area contributed by atoms with E-state index in [4.69, 9.17) is 11.6 Å². The highest BCUT2D eigenvalue weighted by atomic mass is 35.5. The molecule has 7 nitrogen and oxygen atoms in total. The van der Waals surface area contributed by atoms with Crippen molar-refractivity contribution >= 4 is 37.5 Å². The molecule has 2 N–H and O–H groups in total. The van der Waals surface area contributed by atoms with Crippen LogP contribution in [0.2, 0.25) is 5.02 Å². The fourth-order valence-electron chi connectivity index (χ4n) is 2.78. The van der Waals surface area contributed by atoms with Crippen molar-refractivity contribution in [1.82, 2.24) is 9.66 Å². The van der Waals surface area contributed by atoms with Crippen LogP contribution in [0, 0.1) is 0 Å². The molecule has 1 aromatic heterocycles. The van der Waals surface area contributed by atoms with Gasteiger partial charge in [0.25, 0.3) is 5.56 Å². The number of benzene rings is 2. The molecule has 0 atom stereocenters. The number of hydrogen-bond acceptors (Lipinski definition) is 5. The Morgan fingerprint density at radius 2 is 1.90 bits per heavy atom. The summed E-state index contributed by atoms with van der Waals surface area (Å²) < 4.78 is 66.5. The summed E-state index contributed by atoms with van der Waals surface area (Å²) in [5.41, 5.74) is 2.17. The largest absolute Gasteiger partial charge is 0.573 e. The minimum Gasteiger partial charge on any atom is -0.406 e. The standard InChI is InChI=1S/C19H19ClF3N3O4S/c1-11(2)31(3,28,29)17-7-4-12(20)8-16(17)25-26-10-24-15-6-5-13(30-19(21,22)23)9-14(15)18(26)27/h4-11,25H,1-3H3,(H,28,29). The summed E-state index contributed by atoms with van der Waals surface area (Å²) in [7, 11) is -4.34. The molecule has 0 saturated heterocycles. The Morgan fingerprint density at radius 1 is 1.23 bits per heavy atom. The Morgan fingerprint density at radius 3 is 2.52 bits per heavy atom. The van der Waals surface area contributed by atoms with Gasteiger partial charge in [0.2, 0.25) is 0 Å². The first-order valence-corrected chi connectivity index (χ1v) is 11.7. The number of alkyl halides is 3. The van der Waals surface area contributed by atoms with Gasteiger partial charge in [0.1, 0.15) is 12.1 Å². The minimum absolute atomic E-state index is 0.0255. The van der Waals surface area contributed by atoms with Crippen LogP contribution < -0.4 is 15.7 Å². The van der Waals surface area contributed by atoms with Crippen molar-refractivity contribution in [3.8, 4) is 5.75 Å². The van der Waals surface area contributed by atoms with Crippen molar-refractivity contribution in [3.63, 3.8) is 0 Å². The van der Waals surface area contributed by atoms with E-state index < -0.39 is 32.3 Å². The zero-order valence-electron chi connectivity index (χ0n) is 16.6. The van der Waals surface area contributed by atoms with E-state index in [9.17, 15) is 26.7 Å². The summed E-state index contributed by atoms with van der Waals surface area (Å²) in [6, 6.07) is 7.37. The molecule has 3 rings (SSSR count). The molecule has 12 heteroatoms. The third-order valence-corrected chi connectivity index (χ3v) is 8.67. The number of fused-ring (bicyclic) bond motifs is 1. The molecule has 0 amide bonds. The van der Waals surface area contributed by atoms with E-state index in [1.807, 2.05) is 0 Å². The van der Waals surface area contributed by atoms with Crippen LogP contribution in [0.15, 0.2) is 52.4 Å². The Bertz CT molecular complexity index is 1280. The summed E-state index contributed by atoms with van der Waals surface area (Å²) in [6.07, 6.45) is -2.60. The molecule has 0 radical (unpaired) electrons. The van der Waals surface area contributed by atoms with Crippen LogP contribution >= 0.6 is 11.6 Å². The third kappa shape index (κ3) is 4.68. The van der Waals surface area contributed by atoms with E-state index in [0.29, 0.717) is 0 Å². The fraction of sp³-hybridized carbons (Fsp3) is 0.263. The molecule has 0 bridgehead atoms. The van der Waals surface area contributed by atoms with Gasteiger partial charge in [-0.3, -0.25) is 14.8 Å². The monoisotopic (exact) mass is 477 g/mol. The van der Waals surface area contributed by atoms with Gasteiger partial charge in [-0.25, -0.2) is 13.9 Å². The van der Waals surface area contributed by atoms with Gasteiger partial charge in [-0.2, -0.15) is 9.35 Å². The van der Waals surface area contributed by atoms with Crippen LogP contribution in [0.1, 0.15) is 13.8 Å². The maximum Gasteiger partial charge on any atom is 0.573 e. The highest BCUT2D eigenvalue weighted by Crippen LogP contribution is 2.40. The Labute approximate surface area is 180 Å². The van der Waals surface area contributed by atoms with Gasteiger partial charge in [-0.15, -0.1) is 13.2 Å². The number of halogens is 4. The summed E-state index contributed by atoms with van der Waals surface area (Å²) in [4.78, 5) is 16.9. The van der Waals surface area contributed by atoms with Gasteiger partial charge < -0.3 is 4.74 Å². The first-order valence-electron chi connectivity index (χ1n) is 8.88. The van der Waals surface area contributed by atoms with E-state index in [1.165, 1.54) is 30.5 Å². The van der Waals surface area contributed by atoms with Gasteiger partial charge in [-0.05, 0) is 50.2 Å². The molecule has 0 aliphatic heterocycles. The first-order chi connectivity index (χ1) is 14.2. The molecule has 168 valence electrons. The number of nitrogens with one attached hydrogen (secondary N) is 1. The molecule has 3 aromatic rings. The lowest BCUT2D eigenvalue weighted by molar-refractivity contribution is -0.274. The van der Waals surface area contributed by atoms with Gasteiger partial charge in [0, 0.05) is 16.5 Å². The van der Waals surface area contributed by atoms with Gasteiger partial charge in [0.15, 0.2) is 0 Å². The first kappa shape index (κ1) is 23.0. The molecule has 0 spiro atoms. The summed E-state index contributed by atoms with van der Waals surface area (Å²) in [6.45, 7) is 3.17. The van der Waals surface area contributed by atoms with E-state index in [-0.39, 0.29) is 26.5 Å². The van der Waals surface area contributed by atoms with Crippen molar-refractivity contribution in [2.45, 2.75) is 30.4 Å². The molecule has 2 aromatic carbocycles. The average Bonchev–Trinajstić information content (AvgIpc) is 2.62. The Kier molecular flexibility index (Phi) is 5.58. The number of ether oxygens (including phenoxy) is 1. The van der Waals surface area contributed by atoms with Crippen LogP contribution in [-0.4, -0.2) is 36.3 Å². The molecule has 0 aliphatic rings. The lowest BCUT2D eigenvalue weighted by Gasteiger charge is -2.44. The van der Waals surface area contributed by atoms with E-state index in [0.717, 1.165) is 23.1 Å². The van der Waals surface area contributed by atoms with Gasteiger partial charge in [0.05, 0.1) is 21.5 Å². The highest BCUT2D eigenvalue weighted by Gasteiger charge is 2.32. The zero-order valence-corrected chi connectivity index (χ0v) is 18.2. The van der Waals surface area contributed by atoms with Crippen LogP contribution in [0.4, 0.5) is 18.9 Å². The summed E-state index contributed by atoms with van der Waals surface area (Å²) in [5.74, 6) is -0.577. The van der Waals surface area contributed by atoms with Crippen LogP contribution in [0.5, 0.6) is 5.75 Å². The van der Waals surface area contributed by atoms with Gasteiger partial charge >= 0.3 is 6.36 Å². The van der Waals surface area contributed by atoms with Crippen LogP contribution in [0.25, 0.3) is 10.9 Å². The number of hydrogen-bond donors (Lipinski definition) is 2. The third-order valence-electron chi connectivity index (χ3n) is 4.79. The number of aromatic nitrogens is 2. The van der Waals surface area contributed by atoms with Crippen molar-refractivity contribution in [1.29, 1.82) is 0 Å². The quantitative estimate of drug-likeness (QED) is 0.561. The zero-order chi connectivity index (χ0) is 23.2. The Balaban J connectivity index is 2.13. The molecule has 0 saturated carbocycles. The number of rotatable bonds is 5. The molecule has 31 heavy (non-hydrogen) atoms. The van der Waals surface area contributed by atoms with Crippen molar-refractivity contribution in [2.75, 3.05) is 11.7 Å². The lowest BCUT2D eigenvalue weighted by Crippen LogP contribution is -2.41. The second-order valence-electron chi connectivity index (χ2n) is 7.31. The van der Waals surface area contributed by atoms with E-state index in [1.54, 1.807) is 13.8 Å². The highest BCUT2D eigenvalue weighted by molar-refractivity contribution is 8.15. The maximum atomic E-state index is 13.3. The second-order valence-corrected chi connectivity index (χ2v) is 11.8. The van der Waals surface area contributed by atoms with Gasteiger partial charge in [-0.1, -0.05) is 11.6 Å². The lowest BCUT2D eigenvalue weighted by atomic mass is 10.2. The smallest absolute Gasteiger partial charge is 0.406 e. The normalized spacial score (nSPS) is 13.8. The summed E-state index contributed by atoms with van der Waals surface area (Å²) in [5, 5.41) is -0.574. The molecule has 1 heterocycles. The predicted molar refractivity (Wildman–Crippen MR) is 113 cm³/mol. The molecular formula is C19H19ClF3N3O4S. The maximum absolute atomic E-state index is 13.3. The van der Waals surface area contributed by atoms with Crippen LogP contribution in [0.3, 0.4) is 0 Å². The second kappa shape index (κ2) is 7.50. The SMILES string of the molecule is CC(C)S(C)(=O)(O)c1ccc(Cl)cc1Nn1cnc2ccc(OC(F)(F)F)cc2c1=O. The topological polar surface area (TPSA) is 93.5 Å². The number of anilines is 1. The minimum atomic E-state index is -4.92. The van der Waals surface area contributed by atoms with E-state index >= 15 is 0 Å². The molecule has 0 aliphatic carbocycles. The van der Waals surface area contributed by atoms with E-state index in [2.05, 4.69) is 15.1 Å². The average molecular weight is 478 g/mol. The molecular weight excluding hydrogens is 459 g/mol. The van der Waals surface area contributed by atoms with Crippen molar-refractivity contribution in [2.24, 2.45) is 0 Å². The van der Waals surface area contributed by atoms with Crippen LogP contribution in [-0.2, 0) is 9.35 Å². The van der Waals surface area contributed by atoms with Crippen molar-refractivity contribution in [3.05, 3.63) is 58.1 Å². The van der Waals surface area contributed by atoms with Crippen molar-refractivity contribution < 1.29 is 26.7 Å². The predicted octanol–water partition coefficient (Wildman–Crippen LogP) is 4.51. The Hall–Kier alpha value is -2.63. The number of nitrogens with zero attached hydrogens (tertiary/aromatic N) is 2.